The molecular weight excluding hydrogens is 239 g/mol. The molecular formula is C10H16F3NO3. The van der Waals surface area contributed by atoms with Crippen molar-refractivity contribution in [2.75, 3.05) is 26.2 Å². The van der Waals surface area contributed by atoms with Crippen LogP contribution >= 0.6 is 0 Å². The standard InChI is InChI=1S/C10H16F3NO3/c1-3-5-14(7-9(16)17-4-2)6-8(15)10(11,12)13/h3,8,15H,1,4-7H2,2H3. The summed E-state index contributed by atoms with van der Waals surface area (Å²) in [6.45, 7) is 4.18. The van der Waals surface area contributed by atoms with Crippen LogP contribution in [0.1, 0.15) is 6.92 Å². The van der Waals surface area contributed by atoms with E-state index in [2.05, 4.69) is 11.3 Å². The number of ether oxygens (including phenoxy) is 1. The fourth-order valence-corrected chi connectivity index (χ4v) is 1.12. The first-order chi connectivity index (χ1) is 7.81. The zero-order valence-electron chi connectivity index (χ0n) is 9.54. The van der Waals surface area contributed by atoms with Gasteiger partial charge in [-0.2, -0.15) is 13.2 Å². The quantitative estimate of drug-likeness (QED) is 0.544. The SMILES string of the molecule is C=CCN(CC(=O)OCC)CC(O)C(F)(F)F. The van der Waals surface area contributed by atoms with Crippen molar-refractivity contribution >= 4 is 5.97 Å². The average molecular weight is 255 g/mol. The molecule has 0 saturated heterocycles. The number of hydrogen-bond acceptors (Lipinski definition) is 4. The van der Waals surface area contributed by atoms with Crippen LogP contribution in [0.3, 0.4) is 0 Å². The zero-order valence-corrected chi connectivity index (χ0v) is 9.54. The number of esters is 1. The Hall–Kier alpha value is -1.08. The largest absolute Gasteiger partial charge is 0.465 e. The summed E-state index contributed by atoms with van der Waals surface area (Å²) in [5.74, 6) is -0.635. The fourth-order valence-electron chi connectivity index (χ4n) is 1.12. The van der Waals surface area contributed by atoms with Crippen molar-refractivity contribution in [3.8, 4) is 0 Å². The van der Waals surface area contributed by atoms with Gasteiger partial charge in [0.05, 0.1) is 13.2 Å². The second-order valence-corrected chi connectivity index (χ2v) is 3.35. The lowest BCUT2D eigenvalue weighted by Crippen LogP contribution is -2.43. The number of rotatable bonds is 7. The van der Waals surface area contributed by atoms with Gasteiger partial charge in [-0.05, 0) is 6.92 Å². The Morgan fingerprint density at radius 2 is 2.18 bits per heavy atom. The molecule has 0 saturated carbocycles. The molecule has 17 heavy (non-hydrogen) atoms. The minimum absolute atomic E-state index is 0.0615. The van der Waals surface area contributed by atoms with E-state index in [1.54, 1.807) is 6.92 Å². The number of aliphatic hydroxyl groups excluding tert-OH is 1. The van der Waals surface area contributed by atoms with E-state index >= 15 is 0 Å². The van der Waals surface area contributed by atoms with E-state index in [0.29, 0.717) is 0 Å². The Bertz CT molecular complexity index is 256. The van der Waals surface area contributed by atoms with Gasteiger partial charge in [-0.25, -0.2) is 0 Å². The summed E-state index contributed by atoms with van der Waals surface area (Å²) in [5.41, 5.74) is 0. The van der Waals surface area contributed by atoms with Gasteiger partial charge in [-0.15, -0.1) is 6.58 Å². The maximum absolute atomic E-state index is 12.1. The van der Waals surface area contributed by atoms with Gasteiger partial charge in [-0.3, -0.25) is 9.69 Å². The normalized spacial score (nSPS) is 13.5. The molecule has 0 aromatic rings. The smallest absolute Gasteiger partial charge is 0.415 e. The van der Waals surface area contributed by atoms with Gasteiger partial charge in [-0.1, -0.05) is 6.08 Å². The van der Waals surface area contributed by atoms with Crippen molar-refractivity contribution in [1.82, 2.24) is 4.90 Å². The molecule has 0 aromatic heterocycles. The molecule has 0 rings (SSSR count). The summed E-state index contributed by atoms with van der Waals surface area (Å²) in [6.07, 6.45) is -5.84. The summed E-state index contributed by atoms with van der Waals surface area (Å²) in [5, 5.41) is 8.87. The van der Waals surface area contributed by atoms with Crippen molar-refractivity contribution in [1.29, 1.82) is 0 Å². The molecule has 1 N–H and O–H groups in total. The highest BCUT2D eigenvalue weighted by Crippen LogP contribution is 2.20. The number of nitrogens with zero attached hydrogens (tertiary/aromatic N) is 1. The van der Waals surface area contributed by atoms with Crippen molar-refractivity contribution < 1.29 is 27.8 Å². The maximum Gasteiger partial charge on any atom is 0.415 e. The third kappa shape index (κ3) is 6.96. The number of carbonyl (C=O) groups is 1. The predicted octanol–water partition coefficient (Wildman–Crippen LogP) is 0.961. The van der Waals surface area contributed by atoms with Crippen LogP contribution in [0.2, 0.25) is 0 Å². The van der Waals surface area contributed by atoms with Gasteiger partial charge in [0.15, 0.2) is 6.10 Å². The molecule has 0 heterocycles. The van der Waals surface area contributed by atoms with Gasteiger partial charge < -0.3 is 9.84 Å². The monoisotopic (exact) mass is 255 g/mol. The number of hydrogen-bond donors (Lipinski definition) is 1. The first-order valence-corrected chi connectivity index (χ1v) is 5.04. The molecule has 4 nitrogen and oxygen atoms in total. The molecule has 1 atom stereocenters. The summed E-state index contributed by atoms with van der Waals surface area (Å²) >= 11 is 0. The minimum atomic E-state index is -4.70. The second-order valence-electron chi connectivity index (χ2n) is 3.35. The van der Waals surface area contributed by atoms with Crippen LogP contribution in [0.4, 0.5) is 13.2 Å². The lowest BCUT2D eigenvalue weighted by Gasteiger charge is -2.23. The molecule has 0 aliphatic carbocycles. The van der Waals surface area contributed by atoms with Crippen molar-refractivity contribution in [3.63, 3.8) is 0 Å². The van der Waals surface area contributed by atoms with E-state index in [0.717, 1.165) is 4.90 Å². The van der Waals surface area contributed by atoms with Crippen LogP contribution in [0.15, 0.2) is 12.7 Å². The summed E-state index contributed by atoms with van der Waals surface area (Å²) < 4.78 is 41.0. The Morgan fingerprint density at radius 1 is 1.59 bits per heavy atom. The molecule has 0 radical (unpaired) electrons. The first kappa shape index (κ1) is 15.9. The number of carbonyl (C=O) groups excluding carboxylic acids is 1. The van der Waals surface area contributed by atoms with Gasteiger partial charge >= 0.3 is 12.1 Å². The van der Waals surface area contributed by atoms with Crippen LogP contribution in [0, 0.1) is 0 Å². The topological polar surface area (TPSA) is 49.8 Å². The lowest BCUT2D eigenvalue weighted by molar-refractivity contribution is -0.208. The van der Waals surface area contributed by atoms with Gasteiger partial charge in [0.1, 0.15) is 0 Å². The van der Waals surface area contributed by atoms with Crippen molar-refractivity contribution in [2.24, 2.45) is 0 Å². The van der Waals surface area contributed by atoms with Crippen LogP contribution in [0.5, 0.6) is 0 Å². The van der Waals surface area contributed by atoms with E-state index in [4.69, 9.17) is 5.11 Å². The van der Waals surface area contributed by atoms with Crippen LogP contribution in [0.25, 0.3) is 0 Å². The van der Waals surface area contributed by atoms with E-state index in [1.807, 2.05) is 0 Å². The number of halogens is 3. The zero-order chi connectivity index (χ0) is 13.5. The molecule has 7 heteroatoms. The molecule has 0 aliphatic heterocycles. The number of aliphatic hydroxyl groups is 1. The van der Waals surface area contributed by atoms with Gasteiger partial charge in [0.25, 0.3) is 0 Å². The second kappa shape index (κ2) is 7.29. The summed E-state index contributed by atoms with van der Waals surface area (Å²) in [7, 11) is 0. The molecule has 1 unspecified atom stereocenters. The highest BCUT2D eigenvalue weighted by molar-refractivity contribution is 5.71. The molecule has 0 fully saturated rings. The molecule has 0 aliphatic rings. The van der Waals surface area contributed by atoms with Gasteiger partial charge in [0, 0.05) is 13.1 Å². The van der Waals surface area contributed by atoms with E-state index < -0.39 is 24.8 Å². The molecule has 0 bridgehead atoms. The summed E-state index contributed by atoms with van der Waals surface area (Å²) in [4.78, 5) is 12.2. The Labute approximate surface area is 97.7 Å². The van der Waals surface area contributed by atoms with E-state index in [9.17, 15) is 18.0 Å². The van der Waals surface area contributed by atoms with Crippen LogP contribution < -0.4 is 0 Å². The first-order valence-electron chi connectivity index (χ1n) is 5.04. The van der Waals surface area contributed by atoms with E-state index in [1.165, 1.54) is 6.08 Å². The summed E-state index contributed by atoms with van der Waals surface area (Å²) in [6, 6.07) is 0. The predicted molar refractivity (Wildman–Crippen MR) is 55.3 cm³/mol. The molecule has 0 spiro atoms. The molecule has 0 aromatic carbocycles. The number of alkyl halides is 3. The maximum atomic E-state index is 12.1. The Kier molecular flexibility index (Phi) is 6.82. The minimum Gasteiger partial charge on any atom is -0.465 e. The highest BCUT2D eigenvalue weighted by Gasteiger charge is 2.39. The third-order valence-corrected chi connectivity index (χ3v) is 1.85. The van der Waals surface area contributed by atoms with Crippen LogP contribution in [-0.2, 0) is 9.53 Å². The van der Waals surface area contributed by atoms with Crippen LogP contribution in [-0.4, -0.2) is 54.5 Å². The van der Waals surface area contributed by atoms with E-state index in [-0.39, 0.29) is 19.7 Å². The van der Waals surface area contributed by atoms with Crippen molar-refractivity contribution in [2.45, 2.75) is 19.2 Å². The Morgan fingerprint density at radius 3 is 2.59 bits per heavy atom. The lowest BCUT2D eigenvalue weighted by atomic mass is 10.3. The average Bonchev–Trinajstić information content (AvgIpc) is 2.16. The Balaban J connectivity index is 4.33. The third-order valence-electron chi connectivity index (χ3n) is 1.85. The highest BCUT2D eigenvalue weighted by atomic mass is 19.4. The van der Waals surface area contributed by atoms with Crippen molar-refractivity contribution in [3.05, 3.63) is 12.7 Å². The molecule has 100 valence electrons. The molecule has 0 amide bonds. The van der Waals surface area contributed by atoms with Gasteiger partial charge in [0.2, 0.25) is 0 Å². The fraction of sp³-hybridized carbons (Fsp3) is 0.700.